The summed E-state index contributed by atoms with van der Waals surface area (Å²) in [5, 5.41) is 9.47. The maximum atomic E-state index is 9.47. The first-order valence-electron chi connectivity index (χ1n) is 5.66. The van der Waals surface area contributed by atoms with Crippen molar-refractivity contribution in [2.24, 2.45) is 0 Å². The summed E-state index contributed by atoms with van der Waals surface area (Å²) >= 11 is 0. The molecule has 0 aliphatic carbocycles. The molecule has 3 heteroatoms. The molecule has 2 heterocycles. The number of aliphatic hydroxyl groups excluding tert-OH is 1. The van der Waals surface area contributed by atoms with Gasteiger partial charge in [-0.25, -0.2) is 0 Å². The van der Waals surface area contributed by atoms with Crippen molar-refractivity contribution >= 4 is 0 Å². The molecular formula is C12H18N2O. The van der Waals surface area contributed by atoms with Gasteiger partial charge in [0.05, 0.1) is 12.6 Å². The maximum absolute atomic E-state index is 9.47. The summed E-state index contributed by atoms with van der Waals surface area (Å²) in [5.41, 5.74) is 1.18. The number of likely N-dealkylation sites (tertiary alicyclic amines) is 1. The van der Waals surface area contributed by atoms with Gasteiger partial charge in [-0.15, -0.1) is 0 Å². The fourth-order valence-corrected chi connectivity index (χ4v) is 2.25. The first-order chi connectivity index (χ1) is 7.42. The van der Waals surface area contributed by atoms with Crippen LogP contribution >= 0.6 is 0 Å². The van der Waals surface area contributed by atoms with Gasteiger partial charge < -0.3 is 5.11 Å². The number of nitrogens with zero attached hydrogens (tertiary/aromatic N) is 2. The minimum atomic E-state index is 0.160. The molecule has 0 radical (unpaired) electrons. The second-order valence-electron chi connectivity index (χ2n) is 4.08. The standard InChI is InChI=1S/C12H18N2O/c15-10-12(11-4-6-13-7-5-11)14-8-2-1-3-9-14/h4-7,12,15H,1-3,8-10H2. The molecule has 1 atom stereocenters. The van der Waals surface area contributed by atoms with Crippen LogP contribution in [-0.4, -0.2) is 34.7 Å². The van der Waals surface area contributed by atoms with Crippen LogP contribution in [-0.2, 0) is 0 Å². The summed E-state index contributed by atoms with van der Waals surface area (Å²) in [6, 6.07) is 4.15. The molecule has 0 bridgehead atoms. The van der Waals surface area contributed by atoms with Gasteiger partial charge in [0.25, 0.3) is 0 Å². The summed E-state index contributed by atoms with van der Waals surface area (Å²) < 4.78 is 0. The van der Waals surface area contributed by atoms with Gasteiger partial charge in [-0.05, 0) is 43.6 Å². The predicted octanol–water partition coefficient (Wildman–Crippen LogP) is 1.60. The summed E-state index contributed by atoms with van der Waals surface area (Å²) in [4.78, 5) is 6.38. The third-order valence-electron chi connectivity index (χ3n) is 3.10. The largest absolute Gasteiger partial charge is 0.394 e. The lowest BCUT2D eigenvalue weighted by Crippen LogP contribution is -2.35. The Balaban J connectivity index is 2.09. The van der Waals surface area contributed by atoms with Crippen LogP contribution in [0.2, 0.25) is 0 Å². The number of aromatic nitrogens is 1. The monoisotopic (exact) mass is 206 g/mol. The molecule has 1 unspecified atom stereocenters. The van der Waals surface area contributed by atoms with Crippen LogP contribution in [0.1, 0.15) is 30.9 Å². The van der Waals surface area contributed by atoms with Gasteiger partial charge in [0.2, 0.25) is 0 Å². The van der Waals surface area contributed by atoms with E-state index in [9.17, 15) is 5.11 Å². The number of pyridine rings is 1. The van der Waals surface area contributed by atoms with E-state index < -0.39 is 0 Å². The van der Waals surface area contributed by atoms with Crippen LogP contribution in [0.5, 0.6) is 0 Å². The van der Waals surface area contributed by atoms with Crippen LogP contribution in [0.25, 0.3) is 0 Å². The topological polar surface area (TPSA) is 36.4 Å². The highest BCUT2D eigenvalue weighted by molar-refractivity contribution is 5.15. The van der Waals surface area contributed by atoms with Crippen LogP contribution in [0.15, 0.2) is 24.5 Å². The molecule has 2 rings (SSSR count). The molecule has 0 saturated carbocycles. The van der Waals surface area contributed by atoms with Crippen LogP contribution in [0, 0.1) is 0 Å². The van der Waals surface area contributed by atoms with Crippen molar-refractivity contribution in [3.05, 3.63) is 30.1 Å². The molecule has 1 aliphatic rings. The van der Waals surface area contributed by atoms with E-state index in [0.29, 0.717) is 0 Å². The van der Waals surface area contributed by atoms with E-state index in [-0.39, 0.29) is 12.6 Å². The summed E-state index contributed by atoms with van der Waals surface area (Å²) in [5.74, 6) is 0. The molecule has 1 N–H and O–H groups in total. The molecule has 1 aliphatic heterocycles. The summed E-state index contributed by atoms with van der Waals surface area (Å²) in [6.45, 7) is 2.41. The van der Waals surface area contributed by atoms with Crippen molar-refractivity contribution in [2.75, 3.05) is 19.7 Å². The molecule has 1 aromatic heterocycles. The highest BCUT2D eigenvalue weighted by atomic mass is 16.3. The number of hydrogen-bond donors (Lipinski definition) is 1. The van der Waals surface area contributed by atoms with Gasteiger partial charge >= 0.3 is 0 Å². The Hall–Kier alpha value is -0.930. The van der Waals surface area contributed by atoms with E-state index in [1.807, 2.05) is 12.1 Å². The van der Waals surface area contributed by atoms with E-state index in [0.717, 1.165) is 13.1 Å². The Morgan fingerprint density at radius 3 is 2.47 bits per heavy atom. The van der Waals surface area contributed by atoms with E-state index in [2.05, 4.69) is 9.88 Å². The van der Waals surface area contributed by atoms with Gasteiger partial charge in [-0.2, -0.15) is 0 Å². The van der Waals surface area contributed by atoms with E-state index in [1.165, 1.54) is 24.8 Å². The normalized spacial score (nSPS) is 20.1. The van der Waals surface area contributed by atoms with Crippen molar-refractivity contribution in [3.8, 4) is 0 Å². The Labute approximate surface area is 90.8 Å². The second kappa shape index (κ2) is 5.24. The maximum Gasteiger partial charge on any atom is 0.0628 e. The summed E-state index contributed by atoms with van der Waals surface area (Å²) in [7, 11) is 0. The Kier molecular flexibility index (Phi) is 3.69. The lowest BCUT2D eigenvalue weighted by atomic mass is 10.0. The molecule has 0 aromatic carbocycles. The lowest BCUT2D eigenvalue weighted by molar-refractivity contribution is 0.104. The quantitative estimate of drug-likeness (QED) is 0.816. The molecular weight excluding hydrogens is 188 g/mol. The molecule has 0 spiro atoms. The van der Waals surface area contributed by atoms with Gasteiger partial charge in [-0.1, -0.05) is 6.42 Å². The van der Waals surface area contributed by atoms with Gasteiger partial charge in [0.15, 0.2) is 0 Å². The van der Waals surface area contributed by atoms with Crippen molar-refractivity contribution in [1.29, 1.82) is 0 Å². The number of rotatable bonds is 3. The zero-order valence-corrected chi connectivity index (χ0v) is 8.97. The molecule has 1 aromatic rings. The molecule has 1 fully saturated rings. The zero-order valence-electron chi connectivity index (χ0n) is 8.97. The number of piperidine rings is 1. The number of aliphatic hydroxyl groups is 1. The molecule has 3 nitrogen and oxygen atoms in total. The molecule has 82 valence electrons. The van der Waals surface area contributed by atoms with Gasteiger partial charge in [-0.3, -0.25) is 9.88 Å². The molecule has 1 saturated heterocycles. The minimum Gasteiger partial charge on any atom is -0.394 e. The van der Waals surface area contributed by atoms with Crippen molar-refractivity contribution < 1.29 is 5.11 Å². The Bertz CT molecular complexity index is 283. The first-order valence-corrected chi connectivity index (χ1v) is 5.66. The smallest absolute Gasteiger partial charge is 0.0628 e. The highest BCUT2D eigenvalue weighted by Crippen LogP contribution is 2.23. The predicted molar refractivity (Wildman–Crippen MR) is 59.5 cm³/mol. The van der Waals surface area contributed by atoms with Gasteiger partial charge in [0, 0.05) is 12.4 Å². The Morgan fingerprint density at radius 2 is 1.87 bits per heavy atom. The van der Waals surface area contributed by atoms with E-state index in [1.54, 1.807) is 12.4 Å². The molecule has 0 amide bonds. The van der Waals surface area contributed by atoms with E-state index >= 15 is 0 Å². The van der Waals surface area contributed by atoms with Crippen LogP contribution in [0.3, 0.4) is 0 Å². The fourth-order valence-electron chi connectivity index (χ4n) is 2.25. The van der Waals surface area contributed by atoms with Crippen molar-refractivity contribution in [3.63, 3.8) is 0 Å². The van der Waals surface area contributed by atoms with Crippen molar-refractivity contribution in [2.45, 2.75) is 25.3 Å². The third kappa shape index (κ3) is 2.55. The number of hydrogen-bond acceptors (Lipinski definition) is 3. The minimum absolute atomic E-state index is 0.160. The van der Waals surface area contributed by atoms with Crippen LogP contribution < -0.4 is 0 Å². The average molecular weight is 206 g/mol. The SMILES string of the molecule is OCC(c1ccncc1)N1CCCCC1. The second-order valence-corrected chi connectivity index (χ2v) is 4.08. The molecule has 15 heavy (non-hydrogen) atoms. The highest BCUT2D eigenvalue weighted by Gasteiger charge is 2.20. The third-order valence-corrected chi connectivity index (χ3v) is 3.10. The summed E-state index contributed by atoms with van der Waals surface area (Å²) in [6.07, 6.45) is 7.41. The average Bonchev–Trinajstić information content (AvgIpc) is 2.33. The fraction of sp³-hybridized carbons (Fsp3) is 0.583. The zero-order chi connectivity index (χ0) is 10.5. The lowest BCUT2D eigenvalue weighted by Gasteiger charge is -2.33. The Morgan fingerprint density at radius 1 is 1.20 bits per heavy atom. The van der Waals surface area contributed by atoms with E-state index in [4.69, 9.17) is 0 Å². The first kappa shape index (κ1) is 10.6. The van der Waals surface area contributed by atoms with Crippen LogP contribution in [0.4, 0.5) is 0 Å². The van der Waals surface area contributed by atoms with Gasteiger partial charge in [0.1, 0.15) is 0 Å². The van der Waals surface area contributed by atoms with Crippen molar-refractivity contribution in [1.82, 2.24) is 9.88 Å².